The lowest BCUT2D eigenvalue weighted by atomic mass is 10.0. The highest BCUT2D eigenvalue weighted by molar-refractivity contribution is 5.81. The third-order valence-electron chi connectivity index (χ3n) is 3.62. The van der Waals surface area contributed by atoms with E-state index < -0.39 is 0 Å². The van der Waals surface area contributed by atoms with Crippen molar-refractivity contribution < 1.29 is 14.1 Å². The summed E-state index contributed by atoms with van der Waals surface area (Å²) in [6, 6.07) is -0.0894. The number of likely N-dealkylation sites (N-methyl/N-ethyl adjacent to an activating group) is 1. The fourth-order valence-electron chi connectivity index (χ4n) is 2.43. The number of amides is 1. The van der Waals surface area contributed by atoms with Crippen LogP contribution in [0.25, 0.3) is 0 Å². The Morgan fingerprint density at radius 2 is 2.38 bits per heavy atom. The number of rotatable bonds is 6. The van der Waals surface area contributed by atoms with Gasteiger partial charge in [-0.2, -0.15) is 4.98 Å². The number of hydrogen-bond donors (Lipinski definition) is 1. The SMILES string of the molecule is CCOC(C)c1noc(CN(C)C(=O)C2CCCCN2)n1. The van der Waals surface area contributed by atoms with Gasteiger partial charge in [0.05, 0.1) is 12.6 Å². The van der Waals surface area contributed by atoms with Crippen molar-refractivity contribution in [2.75, 3.05) is 20.2 Å². The van der Waals surface area contributed by atoms with E-state index >= 15 is 0 Å². The molecular formula is C14H24N4O3. The lowest BCUT2D eigenvalue weighted by Crippen LogP contribution is -2.47. The number of carbonyl (C=O) groups excluding carboxylic acids is 1. The van der Waals surface area contributed by atoms with E-state index in [4.69, 9.17) is 9.26 Å². The summed E-state index contributed by atoms with van der Waals surface area (Å²) in [5.74, 6) is 1.03. The van der Waals surface area contributed by atoms with Gasteiger partial charge >= 0.3 is 0 Å². The van der Waals surface area contributed by atoms with Crippen LogP contribution in [0.2, 0.25) is 0 Å². The van der Waals surface area contributed by atoms with Gasteiger partial charge in [-0.15, -0.1) is 0 Å². The van der Waals surface area contributed by atoms with Gasteiger partial charge < -0.3 is 19.5 Å². The number of piperidine rings is 1. The summed E-state index contributed by atoms with van der Waals surface area (Å²) in [6.07, 6.45) is 2.91. The number of nitrogens with zero attached hydrogens (tertiary/aromatic N) is 3. The molecule has 21 heavy (non-hydrogen) atoms. The fraction of sp³-hybridized carbons (Fsp3) is 0.786. The highest BCUT2D eigenvalue weighted by Crippen LogP contribution is 2.14. The highest BCUT2D eigenvalue weighted by Gasteiger charge is 2.25. The molecule has 0 radical (unpaired) electrons. The van der Waals surface area contributed by atoms with Crippen molar-refractivity contribution in [1.29, 1.82) is 0 Å². The molecule has 2 rings (SSSR count). The third-order valence-corrected chi connectivity index (χ3v) is 3.62. The molecule has 0 aromatic carbocycles. The lowest BCUT2D eigenvalue weighted by Gasteiger charge is -2.26. The zero-order chi connectivity index (χ0) is 15.2. The predicted octanol–water partition coefficient (Wildman–Crippen LogP) is 1.27. The molecule has 1 aliphatic rings. The molecule has 1 aromatic rings. The number of hydrogen-bond acceptors (Lipinski definition) is 6. The van der Waals surface area contributed by atoms with Gasteiger partial charge in [-0.05, 0) is 33.2 Å². The topological polar surface area (TPSA) is 80.5 Å². The van der Waals surface area contributed by atoms with Crippen molar-refractivity contribution in [2.24, 2.45) is 0 Å². The minimum Gasteiger partial charge on any atom is -0.371 e. The molecule has 1 saturated heterocycles. The molecule has 1 aliphatic heterocycles. The van der Waals surface area contributed by atoms with Gasteiger partial charge in [0.15, 0.2) is 5.82 Å². The second-order valence-corrected chi connectivity index (χ2v) is 5.34. The van der Waals surface area contributed by atoms with Crippen molar-refractivity contribution >= 4 is 5.91 Å². The Hall–Kier alpha value is -1.47. The summed E-state index contributed by atoms with van der Waals surface area (Å²) >= 11 is 0. The summed E-state index contributed by atoms with van der Waals surface area (Å²) in [7, 11) is 1.76. The summed E-state index contributed by atoms with van der Waals surface area (Å²) in [5.41, 5.74) is 0. The Balaban J connectivity index is 1.89. The van der Waals surface area contributed by atoms with Gasteiger partial charge in [0.25, 0.3) is 0 Å². The van der Waals surface area contributed by atoms with Crippen molar-refractivity contribution in [3.05, 3.63) is 11.7 Å². The number of nitrogens with one attached hydrogen (secondary N) is 1. The van der Waals surface area contributed by atoms with Crippen LogP contribution in [0.4, 0.5) is 0 Å². The normalized spacial score (nSPS) is 20.2. The Kier molecular flexibility index (Phi) is 5.69. The van der Waals surface area contributed by atoms with Crippen LogP contribution in [-0.2, 0) is 16.1 Å². The maximum Gasteiger partial charge on any atom is 0.246 e. The van der Waals surface area contributed by atoms with Gasteiger partial charge in [-0.1, -0.05) is 11.6 Å². The predicted molar refractivity (Wildman–Crippen MR) is 76.5 cm³/mol. The Morgan fingerprint density at radius 3 is 3.05 bits per heavy atom. The number of aromatic nitrogens is 2. The highest BCUT2D eigenvalue weighted by atomic mass is 16.5. The summed E-state index contributed by atoms with van der Waals surface area (Å²) in [6.45, 7) is 5.61. The van der Waals surface area contributed by atoms with Crippen molar-refractivity contribution in [2.45, 2.75) is 51.8 Å². The molecule has 2 atom stereocenters. The average Bonchev–Trinajstić information content (AvgIpc) is 2.96. The van der Waals surface area contributed by atoms with Crippen LogP contribution in [0.5, 0.6) is 0 Å². The van der Waals surface area contributed by atoms with E-state index in [0.29, 0.717) is 24.9 Å². The number of ether oxygens (including phenoxy) is 1. The standard InChI is InChI=1S/C14H24N4O3/c1-4-20-10(2)13-16-12(21-17-13)9-18(3)14(19)11-7-5-6-8-15-11/h10-11,15H,4-9H2,1-3H3. The quantitative estimate of drug-likeness (QED) is 0.851. The summed E-state index contributed by atoms with van der Waals surface area (Å²) in [4.78, 5) is 18.2. The Labute approximate surface area is 125 Å². The van der Waals surface area contributed by atoms with Crippen molar-refractivity contribution in [1.82, 2.24) is 20.4 Å². The zero-order valence-corrected chi connectivity index (χ0v) is 13.0. The molecule has 1 amide bonds. The molecule has 7 heteroatoms. The summed E-state index contributed by atoms with van der Waals surface area (Å²) in [5, 5.41) is 7.14. The molecule has 118 valence electrons. The minimum atomic E-state index is -0.200. The molecule has 2 heterocycles. The maximum atomic E-state index is 12.3. The van der Waals surface area contributed by atoms with E-state index in [1.807, 2.05) is 13.8 Å². The Bertz CT molecular complexity index is 457. The van der Waals surface area contributed by atoms with Crippen LogP contribution in [0.1, 0.15) is 50.9 Å². The molecule has 0 aliphatic carbocycles. The molecule has 0 bridgehead atoms. The molecule has 0 saturated carbocycles. The van der Waals surface area contributed by atoms with Crippen LogP contribution in [-0.4, -0.2) is 47.2 Å². The van der Waals surface area contributed by atoms with E-state index in [1.165, 1.54) is 0 Å². The molecule has 0 spiro atoms. The third kappa shape index (κ3) is 4.25. The number of carbonyl (C=O) groups is 1. The van der Waals surface area contributed by atoms with Crippen molar-refractivity contribution in [3.63, 3.8) is 0 Å². The molecule has 7 nitrogen and oxygen atoms in total. The lowest BCUT2D eigenvalue weighted by molar-refractivity contribution is -0.133. The van der Waals surface area contributed by atoms with Crippen LogP contribution < -0.4 is 5.32 Å². The van der Waals surface area contributed by atoms with Crippen molar-refractivity contribution in [3.8, 4) is 0 Å². The monoisotopic (exact) mass is 296 g/mol. The van der Waals surface area contributed by atoms with Crippen LogP contribution in [0, 0.1) is 0 Å². The van der Waals surface area contributed by atoms with Gasteiger partial charge in [0.1, 0.15) is 6.10 Å². The average molecular weight is 296 g/mol. The largest absolute Gasteiger partial charge is 0.371 e. The molecule has 1 fully saturated rings. The maximum absolute atomic E-state index is 12.3. The zero-order valence-electron chi connectivity index (χ0n) is 13.0. The molecule has 2 unspecified atom stereocenters. The fourth-order valence-corrected chi connectivity index (χ4v) is 2.43. The van der Waals surface area contributed by atoms with Gasteiger partial charge in [0.2, 0.25) is 11.8 Å². The smallest absolute Gasteiger partial charge is 0.246 e. The van der Waals surface area contributed by atoms with Crippen LogP contribution in [0.15, 0.2) is 4.52 Å². The minimum absolute atomic E-state index is 0.0762. The van der Waals surface area contributed by atoms with Gasteiger partial charge in [0, 0.05) is 13.7 Å². The first-order chi connectivity index (χ1) is 10.1. The van der Waals surface area contributed by atoms with Gasteiger partial charge in [-0.3, -0.25) is 4.79 Å². The second kappa shape index (κ2) is 7.51. The van der Waals surface area contributed by atoms with E-state index in [0.717, 1.165) is 25.8 Å². The van der Waals surface area contributed by atoms with Crippen LogP contribution >= 0.6 is 0 Å². The Morgan fingerprint density at radius 1 is 1.57 bits per heavy atom. The van der Waals surface area contributed by atoms with Gasteiger partial charge in [-0.25, -0.2) is 0 Å². The van der Waals surface area contributed by atoms with E-state index in [9.17, 15) is 4.79 Å². The van der Waals surface area contributed by atoms with E-state index in [2.05, 4.69) is 15.5 Å². The first-order valence-electron chi connectivity index (χ1n) is 7.54. The van der Waals surface area contributed by atoms with E-state index in [1.54, 1.807) is 11.9 Å². The molecular weight excluding hydrogens is 272 g/mol. The van der Waals surface area contributed by atoms with E-state index in [-0.39, 0.29) is 18.1 Å². The first-order valence-corrected chi connectivity index (χ1v) is 7.54. The summed E-state index contributed by atoms with van der Waals surface area (Å²) < 4.78 is 10.6. The second-order valence-electron chi connectivity index (χ2n) is 5.34. The van der Waals surface area contributed by atoms with Crippen LogP contribution in [0.3, 0.4) is 0 Å². The molecule has 1 N–H and O–H groups in total. The molecule has 1 aromatic heterocycles. The first kappa shape index (κ1) is 15.9.